The van der Waals surface area contributed by atoms with Gasteiger partial charge in [-0.1, -0.05) is 32.4 Å². The van der Waals surface area contributed by atoms with Crippen LogP contribution in [-0.4, -0.2) is 69.1 Å². The summed E-state index contributed by atoms with van der Waals surface area (Å²) in [7, 11) is 0. The van der Waals surface area contributed by atoms with Crippen LogP contribution in [0.5, 0.6) is 0 Å². The zero-order valence-electron chi connectivity index (χ0n) is 23.6. The second-order valence-electron chi connectivity index (χ2n) is 12.5. The van der Waals surface area contributed by atoms with Crippen molar-refractivity contribution in [3.8, 4) is 0 Å². The molecule has 3 N–H and O–H groups in total. The second kappa shape index (κ2) is 11.2. The lowest BCUT2D eigenvalue weighted by atomic mass is 9.44. The minimum atomic E-state index is -1.77. The van der Waals surface area contributed by atoms with Crippen LogP contribution < -0.4 is 0 Å². The third kappa shape index (κ3) is 5.36. The molecule has 4 aliphatic rings. The van der Waals surface area contributed by atoms with E-state index in [4.69, 9.17) is 19.7 Å². The van der Waals surface area contributed by atoms with Gasteiger partial charge in [-0.2, -0.15) is 0 Å². The van der Waals surface area contributed by atoms with Crippen molar-refractivity contribution in [1.29, 1.82) is 0 Å². The molecule has 3 fully saturated rings. The molecule has 3 saturated carbocycles. The van der Waals surface area contributed by atoms with Gasteiger partial charge in [0.2, 0.25) is 5.78 Å². The molecule has 41 heavy (non-hydrogen) atoms. The first-order chi connectivity index (χ1) is 19.1. The average molecular weight is 575 g/mol. The molecule has 0 bridgehead atoms. The molecule has 0 amide bonds. The molecule has 8 atom stereocenters. The number of carbonyl (C=O) groups is 6. The van der Waals surface area contributed by atoms with Crippen molar-refractivity contribution in [1.82, 2.24) is 0 Å². The van der Waals surface area contributed by atoms with Crippen molar-refractivity contribution in [3.05, 3.63) is 23.8 Å². The number of rotatable bonds is 10. The normalized spacial score (nSPS) is 37.2. The Morgan fingerprint density at radius 2 is 1.63 bits per heavy atom. The molecule has 0 aromatic heterocycles. The number of hydrogen-bond donors (Lipinski definition) is 3. The minimum Gasteiger partial charge on any atom is -0.481 e. The Morgan fingerprint density at radius 1 is 1.00 bits per heavy atom. The SMILES string of the molecule is C[C@H]1C[C@@H]2[C@H]([C@@H](O)C[C@@]3(C)[C@H]2CC[C@]3(OC(=O)CCC(=O)O)C(=O)COC(=O)CCC(=O)O)[C@@]2(C)C=CC(=O)C=C12. The quantitative estimate of drug-likeness (QED) is 0.326. The van der Waals surface area contributed by atoms with Crippen molar-refractivity contribution in [2.24, 2.45) is 34.5 Å². The van der Waals surface area contributed by atoms with Crippen LogP contribution in [0.25, 0.3) is 0 Å². The number of aliphatic hydroxyl groups is 1. The molecule has 0 saturated heterocycles. The Bertz CT molecular complexity index is 1220. The first kappa shape index (κ1) is 30.6. The third-order valence-corrected chi connectivity index (χ3v) is 10.1. The van der Waals surface area contributed by atoms with Gasteiger partial charge < -0.3 is 24.8 Å². The fraction of sp³-hybridized carbons (Fsp3) is 0.667. The van der Waals surface area contributed by atoms with Gasteiger partial charge in [0, 0.05) is 16.7 Å². The highest BCUT2D eigenvalue weighted by atomic mass is 16.6. The fourth-order valence-corrected chi connectivity index (χ4v) is 8.42. The average Bonchev–Trinajstić information content (AvgIpc) is 3.17. The highest BCUT2D eigenvalue weighted by Gasteiger charge is 2.70. The van der Waals surface area contributed by atoms with Gasteiger partial charge in [-0.15, -0.1) is 0 Å². The number of aliphatic hydroxyl groups excluding tert-OH is 1. The largest absolute Gasteiger partial charge is 0.481 e. The number of hydrogen-bond acceptors (Lipinski definition) is 9. The maximum absolute atomic E-state index is 13.9. The molecule has 0 unspecified atom stereocenters. The molecular formula is C30H38O11. The second-order valence-corrected chi connectivity index (χ2v) is 12.5. The number of ether oxygens (including phenoxy) is 2. The number of fused-ring (bicyclic) bond motifs is 5. The van der Waals surface area contributed by atoms with E-state index in [2.05, 4.69) is 0 Å². The van der Waals surface area contributed by atoms with E-state index in [1.54, 1.807) is 13.0 Å². The Labute approximate surface area is 237 Å². The van der Waals surface area contributed by atoms with Gasteiger partial charge in [0.25, 0.3) is 0 Å². The summed E-state index contributed by atoms with van der Waals surface area (Å²) in [6.07, 6.45) is 3.66. The smallest absolute Gasteiger partial charge is 0.307 e. The molecule has 11 heteroatoms. The summed E-state index contributed by atoms with van der Waals surface area (Å²) < 4.78 is 11.0. The maximum Gasteiger partial charge on any atom is 0.307 e. The fourth-order valence-electron chi connectivity index (χ4n) is 8.42. The van der Waals surface area contributed by atoms with Gasteiger partial charge in [-0.25, -0.2) is 0 Å². The number of ketones is 2. The summed E-state index contributed by atoms with van der Waals surface area (Å²) >= 11 is 0. The first-order valence-corrected chi connectivity index (χ1v) is 14.1. The minimum absolute atomic E-state index is 0.0312. The van der Waals surface area contributed by atoms with Gasteiger partial charge in [0.1, 0.15) is 0 Å². The zero-order valence-corrected chi connectivity index (χ0v) is 23.6. The highest BCUT2D eigenvalue weighted by molar-refractivity contribution is 6.01. The van der Waals surface area contributed by atoms with E-state index >= 15 is 0 Å². The standard InChI is InChI=1S/C30H38O11/c1-16-12-18-19-9-11-30(41-26(39)7-5-24(36)37,22(33)15-40-25(38)6-4-23(34)35)29(19,3)14-21(32)27(18)28(2)10-8-17(31)13-20(16)28/h8,10,13,16,18-19,21,27,32H,4-7,9,11-12,14-15H2,1-3H3,(H,34,35)(H,36,37)/t16-,18-,19-,21-,27+,28-,29-,30-/m0/s1. The Morgan fingerprint density at radius 3 is 2.27 bits per heavy atom. The molecular weight excluding hydrogens is 536 g/mol. The van der Waals surface area contributed by atoms with Gasteiger partial charge in [0.05, 0.1) is 31.8 Å². The van der Waals surface area contributed by atoms with Gasteiger partial charge in [-0.3, -0.25) is 28.8 Å². The van der Waals surface area contributed by atoms with Gasteiger partial charge in [-0.05, 0) is 55.6 Å². The van der Waals surface area contributed by atoms with Gasteiger partial charge >= 0.3 is 23.9 Å². The van der Waals surface area contributed by atoms with E-state index in [0.29, 0.717) is 12.8 Å². The van der Waals surface area contributed by atoms with Crippen LogP contribution >= 0.6 is 0 Å². The molecule has 11 nitrogen and oxygen atoms in total. The Hall–Kier alpha value is -3.34. The Balaban J connectivity index is 1.67. The molecule has 0 spiro atoms. The summed E-state index contributed by atoms with van der Waals surface area (Å²) in [4.78, 5) is 73.0. The van der Waals surface area contributed by atoms with Crippen LogP contribution in [-0.2, 0) is 38.2 Å². The lowest BCUT2D eigenvalue weighted by Crippen LogP contribution is -2.63. The highest BCUT2D eigenvalue weighted by Crippen LogP contribution is 2.68. The lowest BCUT2D eigenvalue weighted by molar-refractivity contribution is -0.202. The zero-order chi connectivity index (χ0) is 30.3. The van der Waals surface area contributed by atoms with Crippen molar-refractivity contribution in [2.45, 2.75) is 83.8 Å². The van der Waals surface area contributed by atoms with E-state index in [-0.39, 0.29) is 42.3 Å². The lowest BCUT2D eigenvalue weighted by Gasteiger charge is -2.61. The molecule has 0 heterocycles. The molecule has 0 radical (unpaired) electrons. The summed E-state index contributed by atoms with van der Waals surface area (Å²) in [5.41, 5.74) is -2.42. The van der Waals surface area contributed by atoms with E-state index < -0.39 is 84.5 Å². The molecule has 0 aromatic rings. The number of carbonyl (C=O) groups excluding carboxylic acids is 4. The number of carboxylic acids is 2. The summed E-state index contributed by atoms with van der Waals surface area (Å²) in [6, 6.07) is 0. The van der Waals surface area contributed by atoms with Crippen molar-refractivity contribution < 1.29 is 53.6 Å². The molecule has 0 aliphatic heterocycles. The van der Waals surface area contributed by atoms with Crippen LogP contribution in [0.4, 0.5) is 0 Å². The van der Waals surface area contributed by atoms with Crippen molar-refractivity contribution >= 4 is 35.4 Å². The van der Waals surface area contributed by atoms with Crippen molar-refractivity contribution in [2.75, 3.05) is 6.61 Å². The predicted octanol–water partition coefficient (Wildman–Crippen LogP) is 2.64. The van der Waals surface area contributed by atoms with Crippen molar-refractivity contribution in [3.63, 3.8) is 0 Å². The van der Waals surface area contributed by atoms with Crippen LogP contribution in [0.15, 0.2) is 23.8 Å². The first-order valence-electron chi connectivity index (χ1n) is 14.1. The van der Waals surface area contributed by atoms with E-state index in [0.717, 1.165) is 5.57 Å². The molecule has 4 aliphatic carbocycles. The van der Waals surface area contributed by atoms with Crippen LogP contribution in [0.1, 0.15) is 72.1 Å². The van der Waals surface area contributed by atoms with Crippen LogP contribution in [0.2, 0.25) is 0 Å². The number of carboxylic acid groups (broad SMARTS) is 2. The number of allylic oxidation sites excluding steroid dienone is 4. The third-order valence-electron chi connectivity index (χ3n) is 10.1. The number of aliphatic carboxylic acids is 2. The van der Waals surface area contributed by atoms with E-state index in [1.807, 2.05) is 19.9 Å². The monoisotopic (exact) mass is 574 g/mol. The summed E-state index contributed by atoms with van der Waals surface area (Å²) in [6.45, 7) is 5.12. The van der Waals surface area contributed by atoms with E-state index in [1.165, 1.54) is 6.08 Å². The van der Waals surface area contributed by atoms with Crippen LogP contribution in [0.3, 0.4) is 0 Å². The van der Waals surface area contributed by atoms with E-state index in [9.17, 15) is 33.9 Å². The maximum atomic E-state index is 13.9. The molecule has 224 valence electrons. The predicted molar refractivity (Wildman–Crippen MR) is 141 cm³/mol. The molecule has 0 aromatic carbocycles. The van der Waals surface area contributed by atoms with Gasteiger partial charge in [0.15, 0.2) is 18.0 Å². The summed E-state index contributed by atoms with van der Waals surface area (Å²) in [5, 5.41) is 29.6. The Kier molecular flexibility index (Phi) is 8.33. The summed E-state index contributed by atoms with van der Waals surface area (Å²) in [5.74, 6) is -5.38. The topological polar surface area (TPSA) is 182 Å². The molecule has 4 rings (SSSR count). The number of Topliss-reactive ketones (excluding diaryl/α,β-unsaturated/α-hetero) is 1. The number of esters is 2. The van der Waals surface area contributed by atoms with Crippen LogP contribution in [0, 0.1) is 34.5 Å².